The van der Waals surface area contributed by atoms with Gasteiger partial charge in [0.25, 0.3) is 12.3 Å². The number of aliphatic hydroxyl groups excluding tert-OH is 1. The monoisotopic (exact) mass is 299 g/mol. The summed E-state index contributed by atoms with van der Waals surface area (Å²) >= 11 is 0. The molecule has 5 nitrogen and oxygen atoms in total. The maximum absolute atomic E-state index is 12.7. The number of aromatic nitrogens is 2. The number of alkyl halides is 2. The highest BCUT2D eigenvalue weighted by Crippen LogP contribution is 2.22. The zero-order valence-corrected chi connectivity index (χ0v) is 11.7. The van der Waals surface area contributed by atoms with Crippen LogP contribution in [0.1, 0.15) is 54.7 Å². The van der Waals surface area contributed by atoms with E-state index in [0.717, 1.165) is 38.1 Å². The Kier molecular flexibility index (Phi) is 5.55. The van der Waals surface area contributed by atoms with Gasteiger partial charge in [0.2, 0.25) is 0 Å². The standard InChI is InChI=1S/C14H19F2N3O2/c15-13(16)11-8-12(18-9-17-11)14(21)19-6-3-1-2-4-10(19)5-7-20/h8-10,13,20H,1-7H2. The van der Waals surface area contributed by atoms with Crippen molar-refractivity contribution in [1.82, 2.24) is 14.9 Å². The van der Waals surface area contributed by atoms with Crippen molar-refractivity contribution in [2.75, 3.05) is 13.2 Å². The van der Waals surface area contributed by atoms with Crippen LogP contribution in [-0.4, -0.2) is 45.1 Å². The SMILES string of the molecule is O=C(c1cc(C(F)F)ncn1)N1CCCCCC1CCO. The van der Waals surface area contributed by atoms with Crippen molar-refractivity contribution in [2.45, 2.75) is 44.6 Å². The van der Waals surface area contributed by atoms with Crippen LogP contribution in [0.5, 0.6) is 0 Å². The molecule has 116 valence electrons. The smallest absolute Gasteiger partial charge is 0.280 e. The third-order valence-electron chi connectivity index (χ3n) is 3.73. The number of halogens is 2. The first-order valence-corrected chi connectivity index (χ1v) is 7.15. The fourth-order valence-corrected chi connectivity index (χ4v) is 2.65. The molecular formula is C14H19F2N3O2. The summed E-state index contributed by atoms with van der Waals surface area (Å²) in [7, 11) is 0. The molecule has 0 bridgehead atoms. The van der Waals surface area contributed by atoms with E-state index in [-0.39, 0.29) is 24.2 Å². The van der Waals surface area contributed by atoms with Gasteiger partial charge in [0, 0.05) is 19.2 Å². The molecular weight excluding hydrogens is 280 g/mol. The van der Waals surface area contributed by atoms with Gasteiger partial charge >= 0.3 is 0 Å². The van der Waals surface area contributed by atoms with E-state index in [9.17, 15) is 13.6 Å². The highest BCUT2D eigenvalue weighted by atomic mass is 19.3. The van der Waals surface area contributed by atoms with Crippen molar-refractivity contribution in [3.8, 4) is 0 Å². The molecule has 1 fully saturated rings. The van der Waals surface area contributed by atoms with Gasteiger partial charge in [-0.15, -0.1) is 0 Å². The van der Waals surface area contributed by atoms with Gasteiger partial charge in [-0.05, 0) is 25.3 Å². The molecule has 1 aliphatic rings. The molecule has 1 aromatic heterocycles. The normalized spacial score (nSPS) is 19.6. The molecule has 0 saturated carbocycles. The van der Waals surface area contributed by atoms with Crippen LogP contribution < -0.4 is 0 Å². The summed E-state index contributed by atoms with van der Waals surface area (Å²) in [4.78, 5) is 21.5. The van der Waals surface area contributed by atoms with Crippen molar-refractivity contribution < 1.29 is 18.7 Å². The van der Waals surface area contributed by atoms with Gasteiger partial charge in [0.05, 0.1) is 0 Å². The van der Waals surface area contributed by atoms with Crippen LogP contribution in [0, 0.1) is 0 Å². The van der Waals surface area contributed by atoms with Crippen LogP contribution in [0.4, 0.5) is 8.78 Å². The summed E-state index contributed by atoms with van der Waals surface area (Å²) in [5.41, 5.74) is -0.452. The third kappa shape index (κ3) is 3.93. The first-order chi connectivity index (χ1) is 10.1. The van der Waals surface area contributed by atoms with Gasteiger partial charge in [-0.3, -0.25) is 4.79 Å². The minimum Gasteiger partial charge on any atom is -0.396 e. The maximum Gasteiger partial charge on any atom is 0.280 e. The molecule has 21 heavy (non-hydrogen) atoms. The Morgan fingerprint density at radius 1 is 1.38 bits per heavy atom. The van der Waals surface area contributed by atoms with Gasteiger partial charge < -0.3 is 10.0 Å². The quantitative estimate of drug-likeness (QED) is 0.925. The second-order valence-corrected chi connectivity index (χ2v) is 5.14. The maximum atomic E-state index is 12.7. The first-order valence-electron chi connectivity index (χ1n) is 7.15. The number of likely N-dealkylation sites (tertiary alicyclic amines) is 1. The largest absolute Gasteiger partial charge is 0.396 e. The summed E-state index contributed by atoms with van der Waals surface area (Å²) in [5.74, 6) is -0.361. The lowest BCUT2D eigenvalue weighted by Gasteiger charge is -2.29. The van der Waals surface area contributed by atoms with Gasteiger partial charge in [0.15, 0.2) is 0 Å². The molecule has 0 aliphatic carbocycles. The van der Waals surface area contributed by atoms with E-state index < -0.39 is 12.1 Å². The van der Waals surface area contributed by atoms with Crippen molar-refractivity contribution >= 4 is 5.91 Å². The van der Waals surface area contributed by atoms with Crippen LogP contribution in [0.25, 0.3) is 0 Å². The molecule has 1 N–H and O–H groups in total. The molecule has 0 aromatic carbocycles. The predicted molar refractivity (Wildman–Crippen MR) is 72.0 cm³/mol. The predicted octanol–water partition coefficient (Wildman–Crippen LogP) is 2.18. The van der Waals surface area contributed by atoms with E-state index in [1.165, 1.54) is 0 Å². The average molecular weight is 299 g/mol. The van der Waals surface area contributed by atoms with Crippen LogP contribution in [0.2, 0.25) is 0 Å². The van der Waals surface area contributed by atoms with Crippen molar-refractivity contribution in [3.05, 3.63) is 23.8 Å². The van der Waals surface area contributed by atoms with Crippen LogP contribution in [0.3, 0.4) is 0 Å². The van der Waals surface area contributed by atoms with Gasteiger partial charge in [0.1, 0.15) is 17.7 Å². The van der Waals surface area contributed by atoms with E-state index in [0.29, 0.717) is 13.0 Å². The molecule has 2 rings (SSSR count). The lowest BCUT2D eigenvalue weighted by atomic mass is 10.1. The molecule has 7 heteroatoms. The molecule has 1 saturated heterocycles. The number of rotatable bonds is 4. The van der Waals surface area contributed by atoms with Crippen molar-refractivity contribution in [2.24, 2.45) is 0 Å². The van der Waals surface area contributed by atoms with Gasteiger partial charge in [-0.1, -0.05) is 12.8 Å². The lowest BCUT2D eigenvalue weighted by Crippen LogP contribution is -2.41. The Balaban J connectivity index is 2.21. The second-order valence-electron chi connectivity index (χ2n) is 5.14. The van der Waals surface area contributed by atoms with Crippen molar-refractivity contribution in [3.63, 3.8) is 0 Å². The van der Waals surface area contributed by atoms with Gasteiger partial charge in [-0.25, -0.2) is 18.7 Å². The van der Waals surface area contributed by atoms with Crippen molar-refractivity contribution in [1.29, 1.82) is 0 Å². The summed E-state index contributed by atoms with van der Waals surface area (Å²) < 4.78 is 25.3. The van der Waals surface area contributed by atoms with E-state index in [1.807, 2.05) is 0 Å². The number of aliphatic hydroxyl groups is 1. The van der Waals surface area contributed by atoms with Crippen LogP contribution >= 0.6 is 0 Å². The highest BCUT2D eigenvalue weighted by Gasteiger charge is 2.27. The Labute approximate surface area is 122 Å². The number of amides is 1. The Morgan fingerprint density at radius 2 is 2.19 bits per heavy atom. The van der Waals surface area contributed by atoms with E-state index in [4.69, 9.17) is 5.11 Å². The van der Waals surface area contributed by atoms with E-state index in [2.05, 4.69) is 9.97 Å². The Bertz CT molecular complexity index is 485. The number of carbonyl (C=O) groups is 1. The molecule has 2 heterocycles. The second kappa shape index (κ2) is 7.40. The molecule has 1 unspecified atom stereocenters. The third-order valence-corrected chi connectivity index (χ3v) is 3.73. The summed E-state index contributed by atoms with van der Waals surface area (Å²) in [6.07, 6.45) is 2.49. The summed E-state index contributed by atoms with van der Waals surface area (Å²) in [6.45, 7) is 0.567. The zero-order chi connectivity index (χ0) is 15.2. The average Bonchev–Trinajstić information content (AvgIpc) is 2.72. The molecule has 0 radical (unpaired) electrons. The molecule has 1 aromatic rings. The molecule has 0 spiro atoms. The summed E-state index contributed by atoms with van der Waals surface area (Å²) in [5, 5.41) is 9.13. The van der Waals surface area contributed by atoms with Crippen LogP contribution in [-0.2, 0) is 0 Å². The number of nitrogens with zero attached hydrogens (tertiary/aromatic N) is 3. The minimum atomic E-state index is -2.73. The molecule has 1 aliphatic heterocycles. The Hall–Kier alpha value is -1.63. The lowest BCUT2D eigenvalue weighted by molar-refractivity contribution is 0.0646. The fourth-order valence-electron chi connectivity index (χ4n) is 2.65. The summed E-state index contributed by atoms with van der Waals surface area (Å²) in [6, 6.07) is 0.989. The van der Waals surface area contributed by atoms with Gasteiger partial charge in [-0.2, -0.15) is 0 Å². The topological polar surface area (TPSA) is 66.3 Å². The van der Waals surface area contributed by atoms with Crippen LogP contribution in [0.15, 0.2) is 12.4 Å². The fraction of sp³-hybridized carbons (Fsp3) is 0.643. The van der Waals surface area contributed by atoms with E-state index >= 15 is 0 Å². The Morgan fingerprint density at radius 3 is 2.90 bits per heavy atom. The first kappa shape index (κ1) is 15.8. The minimum absolute atomic E-state index is 0.000501. The number of carbonyl (C=O) groups excluding carboxylic acids is 1. The number of hydrogen-bond acceptors (Lipinski definition) is 4. The van der Waals surface area contributed by atoms with E-state index in [1.54, 1.807) is 4.90 Å². The zero-order valence-electron chi connectivity index (χ0n) is 11.7. The highest BCUT2D eigenvalue weighted by molar-refractivity contribution is 5.92. The number of hydrogen-bond donors (Lipinski definition) is 1. The molecule has 1 amide bonds. The molecule has 1 atom stereocenters.